The summed E-state index contributed by atoms with van der Waals surface area (Å²) in [6.07, 6.45) is 0.557. The van der Waals surface area contributed by atoms with E-state index in [4.69, 9.17) is 14.2 Å². The number of ether oxygens (including phenoxy) is 3. The predicted molar refractivity (Wildman–Crippen MR) is 105 cm³/mol. The second-order valence-corrected chi connectivity index (χ2v) is 6.48. The summed E-state index contributed by atoms with van der Waals surface area (Å²) < 4.78 is 15.8. The highest BCUT2D eigenvalue weighted by Gasteiger charge is 2.47. The quantitative estimate of drug-likeness (QED) is 0.649. The van der Waals surface area contributed by atoms with Crippen molar-refractivity contribution in [1.29, 1.82) is 0 Å². The van der Waals surface area contributed by atoms with Gasteiger partial charge in [-0.2, -0.15) is 0 Å². The van der Waals surface area contributed by atoms with Crippen molar-refractivity contribution >= 4 is 17.5 Å². The highest BCUT2D eigenvalue weighted by molar-refractivity contribution is 5.99. The Balaban J connectivity index is 1.37. The standard InChI is InChI=1S/C21H24N2O5/c1-26-15-6-8-16(9-7-15)28-11-10-22-20(24)18-13-19(18)21(25)23-14-4-3-5-17(12-14)27-2/h3-9,12,18-19H,10-11,13H2,1-2H3,(H,22,24)(H,23,25). The molecule has 0 saturated heterocycles. The first-order chi connectivity index (χ1) is 13.6. The molecule has 0 aliphatic heterocycles. The molecule has 28 heavy (non-hydrogen) atoms. The molecule has 2 aromatic carbocycles. The fourth-order valence-electron chi connectivity index (χ4n) is 2.86. The van der Waals surface area contributed by atoms with E-state index in [1.54, 1.807) is 50.6 Å². The van der Waals surface area contributed by atoms with Gasteiger partial charge >= 0.3 is 0 Å². The lowest BCUT2D eigenvalue weighted by Crippen LogP contribution is -2.31. The van der Waals surface area contributed by atoms with Crippen LogP contribution < -0.4 is 24.8 Å². The van der Waals surface area contributed by atoms with Crippen LogP contribution in [0.2, 0.25) is 0 Å². The van der Waals surface area contributed by atoms with Crippen LogP contribution >= 0.6 is 0 Å². The molecule has 2 N–H and O–H groups in total. The van der Waals surface area contributed by atoms with Crippen molar-refractivity contribution < 1.29 is 23.8 Å². The van der Waals surface area contributed by atoms with E-state index in [-0.39, 0.29) is 23.7 Å². The van der Waals surface area contributed by atoms with Crippen molar-refractivity contribution in [1.82, 2.24) is 5.32 Å². The highest BCUT2D eigenvalue weighted by Crippen LogP contribution is 2.39. The first-order valence-corrected chi connectivity index (χ1v) is 9.10. The maximum atomic E-state index is 12.3. The molecule has 7 nitrogen and oxygen atoms in total. The van der Waals surface area contributed by atoms with E-state index in [9.17, 15) is 9.59 Å². The van der Waals surface area contributed by atoms with E-state index in [1.807, 2.05) is 12.1 Å². The smallest absolute Gasteiger partial charge is 0.228 e. The summed E-state index contributed by atoms with van der Waals surface area (Å²) in [5.74, 6) is 1.27. The molecule has 2 aromatic rings. The number of methoxy groups -OCH3 is 2. The van der Waals surface area contributed by atoms with Crippen LogP contribution in [0.1, 0.15) is 6.42 Å². The highest BCUT2D eigenvalue weighted by atomic mass is 16.5. The molecule has 0 radical (unpaired) electrons. The number of nitrogens with one attached hydrogen (secondary N) is 2. The third-order valence-electron chi connectivity index (χ3n) is 4.53. The lowest BCUT2D eigenvalue weighted by molar-refractivity contribution is -0.125. The normalized spacial score (nSPS) is 17.4. The maximum absolute atomic E-state index is 12.3. The Bertz CT molecular complexity index is 822. The molecular formula is C21H24N2O5. The Labute approximate surface area is 164 Å². The van der Waals surface area contributed by atoms with Gasteiger partial charge < -0.3 is 24.8 Å². The van der Waals surface area contributed by atoms with Crippen LogP contribution in [0.4, 0.5) is 5.69 Å². The Hall–Kier alpha value is -3.22. The molecule has 7 heteroatoms. The number of benzene rings is 2. The molecule has 148 valence electrons. The Morgan fingerprint density at radius 3 is 2.32 bits per heavy atom. The average Bonchev–Trinajstić information content (AvgIpc) is 3.53. The van der Waals surface area contributed by atoms with Gasteiger partial charge in [-0.25, -0.2) is 0 Å². The van der Waals surface area contributed by atoms with Gasteiger partial charge in [0.2, 0.25) is 11.8 Å². The van der Waals surface area contributed by atoms with Crippen LogP contribution in [0, 0.1) is 11.8 Å². The first kappa shape index (κ1) is 19.5. The molecule has 1 saturated carbocycles. The van der Waals surface area contributed by atoms with Crippen molar-refractivity contribution in [2.75, 3.05) is 32.7 Å². The summed E-state index contributed by atoms with van der Waals surface area (Å²) in [5, 5.41) is 5.64. The number of hydrogen-bond acceptors (Lipinski definition) is 5. The lowest BCUT2D eigenvalue weighted by Gasteiger charge is -2.09. The van der Waals surface area contributed by atoms with Crippen LogP contribution in [0.25, 0.3) is 0 Å². The van der Waals surface area contributed by atoms with Gasteiger partial charge in [0.05, 0.1) is 32.6 Å². The number of anilines is 1. The molecule has 2 atom stereocenters. The van der Waals surface area contributed by atoms with Gasteiger partial charge in [-0.05, 0) is 42.8 Å². The topological polar surface area (TPSA) is 85.9 Å². The lowest BCUT2D eigenvalue weighted by atomic mass is 10.2. The van der Waals surface area contributed by atoms with E-state index >= 15 is 0 Å². The van der Waals surface area contributed by atoms with Gasteiger partial charge in [-0.15, -0.1) is 0 Å². The monoisotopic (exact) mass is 384 g/mol. The molecule has 2 amide bonds. The van der Waals surface area contributed by atoms with E-state index in [0.717, 1.165) is 5.75 Å². The first-order valence-electron chi connectivity index (χ1n) is 9.10. The minimum Gasteiger partial charge on any atom is -0.497 e. The molecule has 1 fully saturated rings. The minimum absolute atomic E-state index is 0.121. The molecule has 3 rings (SSSR count). The molecule has 1 aliphatic carbocycles. The Morgan fingerprint density at radius 1 is 0.929 bits per heavy atom. The molecule has 1 aliphatic rings. The molecule has 0 bridgehead atoms. The zero-order valence-corrected chi connectivity index (χ0v) is 15.9. The summed E-state index contributed by atoms with van der Waals surface area (Å²) >= 11 is 0. The molecule has 0 aromatic heterocycles. The number of carbonyl (C=O) groups excluding carboxylic acids is 2. The molecule has 0 heterocycles. The predicted octanol–water partition coefficient (Wildman–Crippen LogP) is 2.47. The summed E-state index contributed by atoms with van der Waals surface area (Å²) in [6, 6.07) is 14.4. The van der Waals surface area contributed by atoms with Crippen LogP contribution in [-0.2, 0) is 9.59 Å². The van der Waals surface area contributed by atoms with Gasteiger partial charge in [0, 0.05) is 11.8 Å². The fourth-order valence-corrected chi connectivity index (χ4v) is 2.86. The van der Waals surface area contributed by atoms with Crippen molar-refractivity contribution in [3.63, 3.8) is 0 Å². The largest absolute Gasteiger partial charge is 0.497 e. The number of amides is 2. The van der Waals surface area contributed by atoms with Crippen molar-refractivity contribution in [3.05, 3.63) is 48.5 Å². The van der Waals surface area contributed by atoms with Crippen LogP contribution in [0.15, 0.2) is 48.5 Å². The Morgan fingerprint density at radius 2 is 1.61 bits per heavy atom. The maximum Gasteiger partial charge on any atom is 0.228 e. The summed E-state index contributed by atoms with van der Waals surface area (Å²) in [7, 11) is 3.17. The number of carbonyl (C=O) groups is 2. The van der Waals surface area contributed by atoms with Gasteiger partial charge in [0.1, 0.15) is 23.9 Å². The minimum atomic E-state index is -0.297. The third-order valence-corrected chi connectivity index (χ3v) is 4.53. The van der Waals surface area contributed by atoms with Crippen molar-refractivity contribution in [2.24, 2.45) is 11.8 Å². The van der Waals surface area contributed by atoms with Crippen molar-refractivity contribution in [3.8, 4) is 17.2 Å². The van der Waals surface area contributed by atoms with Crippen LogP contribution in [-0.4, -0.2) is 39.2 Å². The van der Waals surface area contributed by atoms with Gasteiger partial charge in [-0.1, -0.05) is 6.07 Å². The van der Waals surface area contributed by atoms with E-state index in [2.05, 4.69) is 10.6 Å². The van der Waals surface area contributed by atoms with E-state index in [1.165, 1.54) is 0 Å². The summed E-state index contributed by atoms with van der Waals surface area (Å²) in [5.41, 5.74) is 0.656. The molecule has 0 spiro atoms. The van der Waals surface area contributed by atoms with E-state index < -0.39 is 0 Å². The van der Waals surface area contributed by atoms with Gasteiger partial charge in [-0.3, -0.25) is 9.59 Å². The molecule has 2 unspecified atom stereocenters. The van der Waals surface area contributed by atoms with Gasteiger partial charge in [0.15, 0.2) is 0 Å². The number of hydrogen-bond donors (Lipinski definition) is 2. The second-order valence-electron chi connectivity index (χ2n) is 6.48. The van der Waals surface area contributed by atoms with Crippen LogP contribution in [0.3, 0.4) is 0 Å². The number of rotatable bonds is 9. The average molecular weight is 384 g/mol. The zero-order chi connectivity index (χ0) is 19.9. The Kier molecular flexibility index (Phi) is 6.37. The summed E-state index contributed by atoms with van der Waals surface area (Å²) in [6.45, 7) is 0.733. The van der Waals surface area contributed by atoms with Crippen LogP contribution in [0.5, 0.6) is 17.2 Å². The molecular weight excluding hydrogens is 360 g/mol. The summed E-state index contributed by atoms with van der Waals surface area (Å²) in [4.78, 5) is 24.5. The zero-order valence-electron chi connectivity index (χ0n) is 15.9. The third kappa shape index (κ3) is 5.16. The second kappa shape index (κ2) is 9.12. The SMILES string of the molecule is COc1ccc(OCCNC(=O)C2CC2C(=O)Nc2cccc(OC)c2)cc1. The van der Waals surface area contributed by atoms with E-state index in [0.29, 0.717) is 36.8 Å². The fraction of sp³-hybridized carbons (Fsp3) is 0.333. The van der Waals surface area contributed by atoms with Gasteiger partial charge in [0.25, 0.3) is 0 Å². The van der Waals surface area contributed by atoms with Crippen molar-refractivity contribution in [2.45, 2.75) is 6.42 Å².